The van der Waals surface area contributed by atoms with E-state index in [2.05, 4.69) is 45.1 Å². The number of tetrazole rings is 1. The average molecular weight is 437 g/mol. The minimum absolute atomic E-state index is 0.609. The van der Waals surface area contributed by atoms with Crippen molar-refractivity contribution in [1.82, 2.24) is 29.4 Å². The third-order valence-electron chi connectivity index (χ3n) is 5.42. The lowest BCUT2D eigenvalue weighted by atomic mass is 10.1. The fraction of sp³-hybridized carbons (Fsp3) is 0.0870. The summed E-state index contributed by atoms with van der Waals surface area (Å²) in [7, 11) is 0. The number of pyridine rings is 1. The molecule has 0 saturated heterocycles. The van der Waals surface area contributed by atoms with Gasteiger partial charge >= 0.3 is 0 Å². The zero-order chi connectivity index (χ0) is 21.5. The van der Waals surface area contributed by atoms with E-state index in [1.807, 2.05) is 53.1 Å². The Kier molecular flexibility index (Phi) is 4.30. The smallest absolute Gasteiger partial charge is 0.197 e. The number of para-hydroxylation sites is 1. The van der Waals surface area contributed by atoms with Crippen LogP contribution in [-0.2, 0) is 6.42 Å². The number of thiazole rings is 1. The Bertz CT molecular complexity index is 1620. The number of hydrogen-bond acceptors (Lipinski definition) is 7. The van der Waals surface area contributed by atoms with Crippen LogP contribution in [0.15, 0.2) is 66.9 Å². The molecule has 0 aliphatic carbocycles. The highest BCUT2D eigenvalue weighted by atomic mass is 32.1. The highest BCUT2D eigenvalue weighted by molar-refractivity contribution is 7.17. The SMILES string of the molecule is N#Cc1cn2c(NCCc3ccccc3)c(-c3cc4ccccc4n4nnnc34)nc2s1. The molecule has 0 amide bonds. The molecule has 0 bridgehead atoms. The van der Waals surface area contributed by atoms with Gasteiger partial charge in [-0.2, -0.15) is 9.78 Å². The lowest BCUT2D eigenvalue weighted by Crippen LogP contribution is -2.08. The van der Waals surface area contributed by atoms with Crippen molar-refractivity contribution in [3.05, 3.63) is 77.3 Å². The van der Waals surface area contributed by atoms with Gasteiger partial charge in [0.15, 0.2) is 10.6 Å². The maximum Gasteiger partial charge on any atom is 0.197 e. The molecule has 32 heavy (non-hydrogen) atoms. The highest BCUT2D eigenvalue weighted by Crippen LogP contribution is 2.35. The average Bonchev–Trinajstić information content (AvgIpc) is 3.55. The van der Waals surface area contributed by atoms with Gasteiger partial charge in [-0.3, -0.25) is 4.40 Å². The second kappa shape index (κ2) is 7.44. The van der Waals surface area contributed by atoms with Crippen LogP contribution in [0.1, 0.15) is 10.4 Å². The number of nitrogens with one attached hydrogen (secondary N) is 1. The van der Waals surface area contributed by atoms with Crippen LogP contribution in [0.2, 0.25) is 0 Å². The third kappa shape index (κ3) is 2.97. The van der Waals surface area contributed by atoms with E-state index in [4.69, 9.17) is 4.98 Å². The molecule has 0 atom stereocenters. The van der Waals surface area contributed by atoms with E-state index < -0.39 is 0 Å². The predicted octanol–water partition coefficient (Wildman–Crippen LogP) is 4.18. The van der Waals surface area contributed by atoms with E-state index in [-0.39, 0.29) is 0 Å². The number of benzene rings is 2. The first-order chi connectivity index (χ1) is 15.8. The minimum Gasteiger partial charge on any atom is -0.369 e. The fourth-order valence-electron chi connectivity index (χ4n) is 3.94. The molecule has 2 aromatic carbocycles. The number of nitriles is 1. The minimum atomic E-state index is 0.609. The van der Waals surface area contributed by atoms with Crippen LogP contribution in [-0.4, -0.2) is 36.0 Å². The molecular formula is C23H16N8S. The second-order valence-electron chi connectivity index (χ2n) is 7.36. The van der Waals surface area contributed by atoms with Crippen LogP contribution in [0.5, 0.6) is 0 Å². The summed E-state index contributed by atoms with van der Waals surface area (Å²) in [5.74, 6) is 0.828. The Morgan fingerprint density at radius 2 is 1.91 bits per heavy atom. The molecule has 0 aliphatic heterocycles. The van der Waals surface area contributed by atoms with Gasteiger partial charge in [0.1, 0.15) is 22.5 Å². The Balaban J connectivity index is 1.50. The number of imidazole rings is 1. The molecule has 4 heterocycles. The quantitative estimate of drug-likeness (QED) is 0.436. The predicted molar refractivity (Wildman–Crippen MR) is 124 cm³/mol. The van der Waals surface area contributed by atoms with Crippen molar-refractivity contribution in [2.75, 3.05) is 11.9 Å². The summed E-state index contributed by atoms with van der Waals surface area (Å²) < 4.78 is 3.69. The Hall–Kier alpha value is -4.29. The number of fused-ring (bicyclic) bond motifs is 4. The van der Waals surface area contributed by atoms with Gasteiger partial charge in [0, 0.05) is 18.1 Å². The van der Waals surface area contributed by atoms with E-state index in [9.17, 15) is 5.26 Å². The first-order valence-electron chi connectivity index (χ1n) is 10.1. The van der Waals surface area contributed by atoms with Crippen molar-refractivity contribution in [3.8, 4) is 17.3 Å². The Labute approximate surface area is 186 Å². The zero-order valence-electron chi connectivity index (χ0n) is 16.8. The van der Waals surface area contributed by atoms with Gasteiger partial charge in [-0.15, -0.1) is 5.10 Å². The van der Waals surface area contributed by atoms with E-state index in [0.29, 0.717) is 10.5 Å². The molecule has 0 spiro atoms. The maximum atomic E-state index is 9.36. The molecule has 154 valence electrons. The van der Waals surface area contributed by atoms with Crippen molar-refractivity contribution in [2.24, 2.45) is 0 Å². The van der Waals surface area contributed by atoms with E-state index in [1.54, 1.807) is 4.52 Å². The summed E-state index contributed by atoms with van der Waals surface area (Å²) in [6.45, 7) is 0.720. The topological polar surface area (TPSA) is 96.2 Å². The summed E-state index contributed by atoms with van der Waals surface area (Å²) in [4.78, 5) is 6.23. The van der Waals surface area contributed by atoms with Crippen molar-refractivity contribution in [3.63, 3.8) is 0 Å². The number of aromatic nitrogens is 6. The van der Waals surface area contributed by atoms with Gasteiger partial charge in [-0.1, -0.05) is 59.9 Å². The Morgan fingerprint density at radius 3 is 2.78 bits per heavy atom. The van der Waals surface area contributed by atoms with Gasteiger partial charge < -0.3 is 5.32 Å². The number of rotatable bonds is 5. The van der Waals surface area contributed by atoms with E-state index in [1.165, 1.54) is 16.9 Å². The molecular weight excluding hydrogens is 420 g/mol. The molecule has 8 nitrogen and oxygen atoms in total. The fourth-order valence-corrected chi connectivity index (χ4v) is 4.72. The molecule has 6 rings (SSSR count). The van der Waals surface area contributed by atoms with Crippen molar-refractivity contribution in [2.45, 2.75) is 6.42 Å². The van der Waals surface area contributed by atoms with Crippen LogP contribution in [0.25, 0.3) is 32.8 Å². The molecule has 4 aromatic heterocycles. The lowest BCUT2D eigenvalue weighted by molar-refractivity contribution is 0.842. The zero-order valence-corrected chi connectivity index (χ0v) is 17.6. The van der Waals surface area contributed by atoms with Gasteiger partial charge in [0.05, 0.1) is 11.1 Å². The lowest BCUT2D eigenvalue weighted by Gasteiger charge is -2.10. The molecule has 0 saturated carbocycles. The second-order valence-corrected chi connectivity index (χ2v) is 8.37. The van der Waals surface area contributed by atoms with Gasteiger partial charge in [0.2, 0.25) is 0 Å². The summed E-state index contributed by atoms with van der Waals surface area (Å²) in [5.41, 5.74) is 4.42. The van der Waals surface area contributed by atoms with Crippen LogP contribution >= 0.6 is 11.3 Å². The Morgan fingerprint density at radius 1 is 1.06 bits per heavy atom. The summed E-state index contributed by atoms with van der Waals surface area (Å²) in [6, 6.07) is 22.6. The standard InChI is InChI=1S/C23H16N8S/c24-13-17-14-30-22(25-11-10-15-6-2-1-3-7-15)20(26-23(30)32-17)18-12-16-8-4-5-9-19(16)31-21(18)27-28-29-31/h1-9,12,14,25H,10-11H2. The first kappa shape index (κ1) is 18.5. The van der Waals surface area contributed by atoms with Crippen molar-refractivity contribution < 1.29 is 0 Å². The summed E-state index contributed by atoms with van der Waals surface area (Å²) >= 11 is 1.36. The van der Waals surface area contributed by atoms with Crippen LogP contribution in [0.3, 0.4) is 0 Å². The van der Waals surface area contributed by atoms with Gasteiger partial charge in [-0.05, 0) is 34.5 Å². The van der Waals surface area contributed by atoms with E-state index >= 15 is 0 Å². The molecule has 6 aromatic rings. The van der Waals surface area contributed by atoms with Crippen molar-refractivity contribution >= 4 is 38.7 Å². The van der Waals surface area contributed by atoms with Gasteiger partial charge in [-0.25, -0.2) is 4.98 Å². The first-order valence-corrected chi connectivity index (χ1v) is 10.9. The van der Waals surface area contributed by atoms with Gasteiger partial charge in [0.25, 0.3) is 0 Å². The molecule has 0 fully saturated rings. The maximum absolute atomic E-state index is 9.36. The highest BCUT2D eigenvalue weighted by Gasteiger charge is 2.21. The number of nitrogens with zero attached hydrogens (tertiary/aromatic N) is 7. The molecule has 9 heteroatoms. The monoisotopic (exact) mass is 436 g/mol. The summed E-state index contributed by atoms with van der Waals surface area (Å²) in [6.07, 6.45) is 2.68. The number of anilines is 1. The summed E-state index contributed by atoms with van der Waals surface area (Å²) in [5, 5.41) is 26.3. The number of hydrogen-bond donors (Lipinski definition) is 1. The largest absolute Gasteiger partial charge is 0.369 e. The normalized spacial score (nSPS) is 11.3. The van der Waals surface area contributed by atoms with Crippen LogP contribution < -0.4 is 5.32 Å². The van der Waals surface area contributed by atoms with E-state index in [0.717, 1.165) is 45.9 Å². The van der Waals surface area contributed by atoms with Crippen LogP contribution in [0.4, 0.5) is 5.82 Å². The van der Waals surface area contributed by atoms with Crippen molar-refractivity contribution in [1.29, 1.82) is 5.26 Å². The molecule has 0 aliphatic rings. The molecule has 0 unspecified atom stereocenters. The third-order valence-corrected chi connectivity index (χ3v) is 6.30. The molecule has 0 radical (unpaired) electrons. The van der Waals surface area contributed by atoms with Crippen LogP contribution in [0, 0.1) is 11.3 Å². The molecule has 1 N–H and O–H groups in total.